The van der Waals surface area contributed by atoms with Crippen molar-refractivity contribution >= 4 is 0 Å². The van der Waals surface area contributed by atoms with Gasteiger partial charge in [-0.25, -0.2) is 0 Å². The quantitative estimate of drug-likeness (QED) is 0.640. The Morgan fingerprint density at radius 2 is 1.78 bits per heavy atom. The van der Waals surface area contributed by atoms with Crippen LogP contribution < -0.4 is 5.32 Å². The number of aliphatic hydroxyl groups is 1. The highest BCUT2D eigenvalue weighted by molar-refractivity contribution is 5.21. The van der Waals surface area contributed by atoms with Gasteiger partial charge in [-0.1, -0.05) is 24.3 Å². The van der Waals surface area contributed by atoms with E-state index in [0.29, 0.717) is 0 Å². The van der Waals surface area contributed by atoms with Gasteiger partial charge in [0.1, 0.15) is 0 Å². The second-order valence-corrected chi connectivity index (χ2v) is 4.57. The average Bonchev–Trinajstić information content (AvgIpc) is 2.38. The van der Waals surface area contributed by atoms with Gasteiger partial charge < -0.3 is 20.1 Å². The highest BCUT2D eigenvalue weighted by atomic mass is 16.5. The molecule has 0 spiro atoms. The molecule has 0 bridgehead atoms. The monoisotopic (exact) mass is 252 g/mol. The van der Waals surface area contributed by atoms with Gasteiger partial charge in [0.15, 0.2) is 0 Å². The summed E-state index contributed by atoms with van der Waals surface area (Å²) >= 11 is 0. The van der Waals surface area contributed by atoms with E-state index in [1.165, 1.54) is 5.56 Å². The summed E-state index contributed by atoms with van der Waals surface area (Å²) in [6.45, 7) is 4.27. The van der Waals surface area contributed by atoms with Crippen LogP contribution in [0.4, 0.5) is 0 Å². The fraction of sp³-hybridized carbons (Fsp3) is 0.571. The van der Waals surface area contributed by atoms with Crippen molar-refractivity contribution in [1.29, 1.82) is 0 Å². The van der Waals surface area contributed by atoms with Crippen molar-refractivity contribution in [2.24, 2.45) is 0 Å². The first-order valence-corrected chi connectivity index (χ1v) is 6.34. The standard InChI is InChI=1S/C14H24N2O2/c1-16(2)8-10-18-9-7-15-11-13-3-5-14(12-17)6-4-13/h3-6,15,17H,7-12H2,1-2H3. The second-order valence-electron chi connectivity index (χ2n) is 4.57. The van der Waals surface area contributed by atoms with E-state index < -0.39 is 0 Å². The van der Waals surface area contributed by atoms with Gasteiger partial charge in [0.05, 0.1) is 19.8 Å². The maximum Gasteiger partial charge on any atom is 0.0681 e. The Kier molecular flexibility index (Phi) is 7.60. The molecule has 0 saturated heterocycles. The van der Waals surface area contributed by atoms with Crippen LogP contribution in [0, 0.1) is 0 Å². The number of aliphatic hydroxyl groups excluding tert-OH is 1. The van der Waals surface area contributed by atoms with Crippen molar-refractivity contribution < 1.29 is 9.84 Å². The summed E-state index contributed by atoms with van der Waals surface area (Å²) in [4.78, 5) is 2.11. The summed E-state index contributed by atoms with van der Waals surface area (Å²) in [5.74, 6) is 0. The number of hydrogen-bond acceptors (Lipinski definition) is 4. The van der Waals surface area contributed by atoms with E-state index in [0.717, 1.165) is 38.4 Å². The lowest BCUT2D eigenvalue weighted by Gasteiger charge is -2.10. The topological polar surface area (TPSA) is 44.7 Å². The molecule has 0 unspecified atom stereocenters. The first-order chi connectivity index (χ1) is 8.72. The molecule has 0 radical (unpaired) electrons. The Bertz CT molecular complexity index is 312. The number of hydrogen-bond donors (Lipinski definition) is 2. The summed E-state index contributed by atoms with van der Waals surface area (Å²) in [5.41, 5.74) is 2.17. The predicted molar refractivity (Wildman–Crippen MR) is 73.4 cm³/mol. The second kappa shape index (κ2) is 9.05. The van der Waals surface area contributed by atoms with Crippen LogP contribution in [0.5, 0.6) is 0 Å². The molecule has 0 aliphatic rings. The normalized spacial score (nSPS) is 11.1. The van der Waals surface area contributed by atoms with Crippen LogP contribution in [0.3, 0.4) is 0 Å². The molecule has 102 valence electrons. The smallest absolute Gasteiger partial charge is 0.0681 e. The lowest BCUT2D eigenvalue weighted by atomic mass is 10.1. The molecule has 2 N–H and O–H groups in total. The lowest BCUT2D eigenvalue weighted by molar-refractivity contribution is 0.119. The molecule has 0 aromatic heterocycles. The van der Waals surface area contributed by atoms with Crippen molar-refractivity contribution in [2.75, 3.05) is 40.4 Å². The van der Waals surface area contributed by atoms with Crippen molar-refractivity contribution in [2.45, 2.75) is 13.2 Å². The van der Waals surface area contributed by atoms with Crippen LogP contribution >= 0.6 is 0 Å². The molecule has 1 aromatic rings. The molecule has 0 aliphatic carbocycles. The summed E-state index contributed by atoms with van der Waals surface area (Å²) in [6.07, 6.45) is 0. The molecule has 0 heterocycles. The van der Waals surface area contributed by atoms with Gasteiger partial charge in [0, 0.05) is 19.6 Å². The first-order valence-electron chi connectivity index (χ1n) is 6.34. The molecule has 0 fully saturated rings. The molecule has 4 heteroatoms. The molecule has 4 nitrogen and oxygen atoms in total. The van der Waals surface area contributed by atoms with Crippen molar-refractivity contribution in [3.8, 4) is 0 Å². The number of ether oxygens (including phenoxy) is 1. The summed E-state index contributed by atoms with van der Waals surface area (Å²) in [7, 11) is 4.08. The maximum atomic E-state index is 8.93. The molecule has 0 saturated carbocycles. The van der Waals surface area contributed by atoms with E-state index >= 15 is 0 Å². The van der Waals surface area contributed by atoms with Gasteiger partial charge in [-0.2, -0.15) is 0 Å². The van der Waals surface area contributed by atoms with Crippen molar-refractivity contribution in [1.82, 2.24) is 10.2 Å². The highest BCUT2D eigenvalue weighted by Crippen LogP contribution is 2.03. The van der Waals surface area contributed by atoms with Crippen LogP contribution in [-0.4, -0.2) is 50.4 Å². The minimum Gasteiger partial charge on any atom is -0.392 e. The third-order valence-corrected chi connectivity index (χ3v) is 2.64. The van der Waals surface area contributed by atoms with Crippen LogP contribution in [0.25, 0.3) is 0 Å². The minimum atomic E-state index is 0.105. The first kappa shape index (κ1) is 15.1. The molecule has 0 aliphatic heterocycles. The zero-order valence-electron chi connectivity index (χ0n) is 11.4. The lowest BCUT2D eigenvalue weighted by Crippen LogP contribution is -2.23. The van der Waals surface area contributed by atoms with Gasteiger partial charge in [-0.05, 0) is 25.2 Å². The Morgan fingerprint density at radius 1 is 1.11 bits per heavy atom. The van der Waals surface area contributed by atoms with Crippen LogP contribution in [0.1, 0.15) is 11.1 Å². The Labute approximate surface area is 110 Å². The Hall–Kier alpha value is -0.940. The van der Waals surface area contributed by atoms with E-state index in [1.54, 1.807) is 0 Å². The minimum absolute atomic E-state index is 0.105. The predicted octanol–water partition coefficient (Wildman–Crippen LogP) is 0.847. The van der Waals surface area contributed by atoms with Crippen molar-refractivity contribution in [3.05, 3.63) is 35.4 Å². The van der Waals surface area contributed by atoms with E-state index in [9.17, 15) is 0 Å². The third-order valence-electron chi connectivity index (χ3n) is 2.64. The molecule has 0 atom stereocenters. The fourth-order valence-corrected chi connectivity index (χ4v) is 1.49. The number of nitrogens with one attached hydrogen (secondary N) is 1. The van der Waals surface area contributed by atoms with Crippen LogP contribution in [0.2, 0.25) is 0 Å². The maximum absolute atomic E-state index is 8.93. The molecular formula is C14H24N2O2. The number of rotatable bonds is 9. The molecule has 1 rings (SSSR count). The number of likely N-dealkylation sites (N-methyl/N-ethyl adjacent to an activating group) is 1. The van der Waals surface area contributed by atoms with Crippen LogP contribution in [0.15, 0.2) is 24.3 Å². The van der Waals surface area contributed by atoms with Gasteiger partial charge in [0.25, 0.3) is 0 Å². The molecule has 0 amide bonds. The van der Waals surface area contributed by atoms with Crippen molar-refractivity contribution in [3.63, 3.8) is 0 Å². The molecule has 1 aromatic carbocycles. The van der Waals surface area contributed by atoms with E-state index in [-0.39, 0.29) is 6.61 Å². The van der Waals surface area contributed by atoms with Gasteiger partial charge in [-0.3, -0.25) is 0 Å². The van der Waals surface area contributed by atoms with E-state index in [1.807, 2.05) is 38.4 Å². The summed E-state index contributed by atoms with van der Waals surface area (Å²) in [5, 5.41) is 12.3. The number of benzene rings is 1. The van der Waals surface area contributed by atoms with E-state index in [2.05, 4.69) is 10.2 Å². The summed E-state index contributed by atoms with van der Waals surface area (Å²) in [6, 6.07) is 7.96. The summed E-state index contributed by atoms with van der Waals surface area (Å²) < 4.78 is 5.48. The SMILES string of the molecule is CN(C)CCOCCNCc1ccc(CO)cc1. The van der Waals surface area contributed by atoms with Gasteiger partial charge in [-0.15, -0.1) is 0 Å². The zero-order chi connectivity index (χ0) is 13.2. The molecule has 18 heavy (non-hydrogen) atoms. The van der Waals surface area contributed by atoms with E-state index in [4.69, 9.17) is 9.84 Å². The fourth-order valence-electron chi connectivity index (χ4n) is 1.49. The largest absolute Gasteiger partial charge is 0.392 e. The highest BCUT2D eigenvalue weighted by Gasteiger charge is 1.94. The van der Waals surface area contributed by atoms with Crippen LogP contribution in [-0.2, 0) is 17.9 Å². The average molecular weight is 252 g/mol. The van der Waals surface area contributed by atoms with Gasteiger partial charge in [0.2, 0.25) is 0 Å². The number of nitrogens with zero attached hydrogens (tertiary/aromatic N) is 1. The molecular weight excluding hydrogens is 228 g/mol. The Balaban J connectivity index is 2.03. The zero-order valence-corrected chi connectivity index (χ0v) is 11.4. The van der Waals surface area contributed by atoms with Gasteiger partial charge >= 0.3 is 0 Å². The third kappa shape index (κ3) is 6.71. The Morgan fingerprint density at radius 3 is 2.39 bits per heavy atom.